The largest absolute Gasteiger partial charge is 0.293 e. The van der Waals surface area contributed by atoms with E-state index in [4.69, 9.17) is 0 Å². The molecule has 0 spiro atoms. The summed E-state index contributed by atoms with van der Waals surface area (Å²) in [6.07, 6.45) is 0. The third-order valence-electron chi connectivity index (χ3n) is 4.87. The molecule has 3 heteroatoms. The SMILES string of the molecule is Cc1c(C)c(C)c(C(=O)[C@@H](Br)[C@H](Br)c2ccccc2)c(C)c1C. The van der Waals surface area contributed by atoms with Gasteiger partial charge in [-0.05, 0) is 68.0 Å². The van der Waals surface area contributed by atoms with Crippen molar-refractivity contribution in [2.24, 2.45) is 0 Å². The van der Waals surface area contributed by atoms with E-state index in [9.17, 15) is 4.79 Å². The first-order valence-electron chi connectivity index (χ1n) is 7.71. The highest BCUT2D eigenvalue weighted by molar-refractivity contribution is 9.12. The van der Waals surface area contributed by atoms with Crippen LogP contribution in [0.25, 0.3) is 0 Å². The summed E-state index contributed by atoms with van der Waals surface area (Å²) >= 11 is 7.30. The van der Waals surface area contributed by atoms with Crippen LogP contribution in [0.3, 0.4) is 0 Å². The van der Waals surface area contributed by atoms with Gasteiger partial charge in [-0.2, -0.15) is 0 Å². The van der Waals surface area contributed by atoms with Crippen molar-refractivity contribution in [3.63, 3.8) is 0 Å². The minimum atomic E-state index is -0.302. The highest BCUT2D eigenvalue weighted by atomic mass is 79.9. The molecule has 2 rings (SSSR count). The third kappa shape index (κ3) is 3.46. The summed E-state index contributed by atoms with van der Waals surface area (Å²) in [6, 6.07) is 10.0. The minimum Gasteiger partial charge on any atom is -0.293 e. The quantitative estimate of drug-likeness (QED) is 0.404. The van der Waals surface area contributed by atoms with E-state index in [0.29, 0.717) is 0 Å². The van der Waals surface area contributed by atoms with Crippen LogP contribution in [0.1, 0.15) is 48.6 Å². The Hall–Kier alpha value is -0.930. The smallest absolute Gasteiger partial charge is 0.178 e. The molecular weight excluding hydrogens is 416 g/mol. The van der Waals surface area contributed by atoms with Crippen molar-refractivity contribution in [3.05, 3.63) is 69.3 Å². The molecule has 2 aromatic rings. The van der Waals surface area contributed by atoms with Crippen LogP contribution < -0.4 is 0 Å². The molecule has 0 radical (unpaired) electrons. The second kappa shape index (κ2) is 7.31. The average Bonchev–Trinajstić information content (AvgIpc) is 2.57. The molecule has 0 saturated carbocycles. The Kier molecular flexibility index (Phi) is 5.85. The Morgan fingerprint density at radius 3 is 1.70 bits per heavy atom. The predicted octanol–water partition coefficient (Wildman–Crippen LogP) is 6.31. The summed E-state index contributed by atoms with van der Waals surface area (Å²) in [7, 11) is 0. The number of rotatable bonds is 4. The molecule has 0 amide bonds. The van der Waals surface area contributed by atoms with Crippen molar-refractivity contribution >= 4 is 37.6 Å². The Morgan fingerprint density at radius 2 is 1.22 bits per heavy atom. The number of carbonyl (C=O) groups is 1. The van der Waals surface area contributed by atoms with Crippen LogP contribution in [0.5, 0.6) is 0 Å². The molecule has 122 valence electrons. The standard InChI is InChI=1S/C20H22Br2O/c1-11-12(2)14(4)17(15(5)13(11)3)20(23)19(22)18(21)16-9-7-6-8-10-16/h6-10,18-19H,1-5H3/t18-,19+/m1/s1. The summed E-state index contributed by atoms with van der Waals surface area (Å²) in [6.45, 7) is 10.4. The molecule has 23 heavy (non-hydrogen) atoms. The molecule has 2 aromatic carbocycles. The van der Waals surface area contributed by atoms with Gasteiger partial charge in [-0.1, -0.05) is 62.2 Å². The number of hydrogen-bond donors (Lipinski definition) is 0. The number of ketones is 1. The van der Waals surface area contributed by atoms with Crippen LogP contribution in [-0.2, 0) is 0 Å². The van der Waals surface area contributed by atoms with Gasteiger partial charge in [0, 0.05) is 5.56 Å². The highest BCUT2D eigenvalue weighted by Gasteiger charge is 2.29. The minimum absolute atomic E-state index is 0.0584. The third-order valence-corrected chi connectivity index (χ3v) is 7.58. The van der Waals surface area contributed by atoms with Crippen LogP contribution >= 0.6 is 31.9 Å². The van der Waals surface area contributed by atoms with E-state index in [-0.39, 0.29) is 15.4 Å². The molecule has 0 aliphatic carbocycles. The molecule has 0 saturated heterocycles. The predicted molar refractivity (Wildman–Crippen MR) is 105 cm³/mol. The zero-order chi connectivity index (χ0) is 17.3. The van der Waals surface area contributed by atoms with Gasteiger partial charge in [0.05, 0.1) is 9.65 Å². The Balaban J connectivity index is 2.45. The van der Waals surface area contributed by atoms with Gasteiger partial charge in [0.15, 0.2) is 5.78 Å². The zero-order valence-electron chi connectivity index (χ0n) is 14.2. The number of benzene rings is 2. The van der Waals surface area contributed by atoms with Gasteiger partial charge in [0.25, 0.3) is 0 Å². The molecule has 0 unspecified atom stereocenters. The maximum absolute atomic E-state index is 13.1. The lowest BCUT2D eigenvalue weighted by Crippen LogP contribution is -2.22. The molecule has 1 nitrogen and oxygen atoms in total. The molecule has 0 aliphatic heterocycles. The fourth-order valence-corrected chi connectivity index (χ4v) is 4.03. The molecule has 0 fully saturated rings. The van der Waals surface area contributed by atoms with Crippen LogP contribution in [0.2, 0.25) is 0 Å². The van der Waals surface area contributed by atoms with Crippen LogP contribution in [0.4, 0.5) is 0 Å². The van der Waals surface area contributed by atoms with Crippen LogP contribution in [-0.4, -0.2) is 10.6 Å². The van der Waals surface area contributed by atoms with Gasteiger partial charge >= 0.3 is 0 Å². The Morgan fingerprint density at radius 1 is 0.783 bits per heavy atom. The second-order valence-electron chi connectivity index (χ2n) is 6.08. The van der Waals surface area contributed by atoms with Gasteiger partial charge < -0.3 is 0 Å². The number of carbonyl (C=O) groups excluding carboxylic acids is 1. The summed E-state index contributed by atoms with van der Waals surface area (Å²) in [5.74, 6) is 0.136. The van der Waals surface area contributed by atoms with Gasteiger partial charge in [0.2, 0.25) is 0 Å². The highest BCUT2D eigenvalue weighted by Crippen LogP contribution is 2.36. The van der Waals surface area contributed by atoms with E-state index >= 15 is 0 Å². The maximum Gasteiger partial charge on any atom is 0.178 e. The van der Waals surface area contributed by atoms with Gasteiger partial charge in [-0.15, -0.1) is 0 Å². The average molecular weight is 438 g/mol. The summed E-state index contributed by atoms with van der Waals surface area (Å²) < 4.78 is 0. The van der Waals surface area contributed by atoms with Gasteiger partial charge in [-0.25, -0.2) is 0 Å². The van der Waals surface area contributed by atoms with E-state index in [2.05, 4.69) is 52.6 Å². The number of halogens is 2. The lowest BCUT2D eigenvalue weighted by Gasteiger charge is -2.22. The van der Waals surface area contributed by atoms with Crippen molar-refractivity contribution in [3.8, 4) is 0 Å². The van der Waals surface area contributed by atoms with Crippen molar-refractivity contribution in [2.75, 3.05) is 0 Å². The first-order valence-corrected chi connectivity index (χ1v) is 9.54. The second-order valence-corrected chi connectivity index (χ2v) is 8.05. The number of hydrogen-bond acceptors (Lipinski definition) is 1. The fourth-order valence-electron chi connectivity index (χ4n) is 2.95. The van der Waals surface area contributed by atoms with Crippen LogP contribution in [0, 0.1) is 34.6 Å². The lowest BCUT2D eigenvalue weighted by atomic mass is 9.86. The van der Waals surface area contributed by atoms with E-state index in [1.165, 1.54) is 16.7 Å². The lowest BCUT2D eigenvalue weighted by molar-refractivity contribution is 0.0989. The first kappa shape index (κ1) is 18.4. The summed E-state index contributed by atoms with van der Waals surface area (Å²) in [5, 5.41) is 0. The van der Waals surface area contributed by atoms with Crippen molar-refractivity contribution in [1.29, 1.82) is 0 Å². The van der Waals surface area contributed by atoms with Crippen molar-refractivity contribution in [1.82, 2.24) is 0 Å². The van der Waals surface area contributed by atoms with Crippen molar-refractivity contribution < 1.29 is 4.79 Å². The molecule has 2 atom stereocenters. The van der Waals surface area contributed by atoms with Gasteiger partial charge in [0.1, 0.15) is 0 Å². The molecule has 0 aliphatic rings. The summed E-state index contributed by atoms with van der Waals surface area (Å²) in [4.78, 5) is 12.8. The first-order chi connectivity index (χ1) is 10.8. The normalized spacial score (nSPS) is 13.7. The van der Waals surface area contributed by atoms with E-state index in [1.807, 2.05) is 44.2 Å². The van der Waals surface area contributed by atoms with E-state index < -0.39 is 0 Å². The summed E-state index contributed by atoms with van der Waals surface area (Å²) in [5.41, 5.74) is 7.83. The molecule has 0 aromatic heterocycles. The molecule has 0 bridgehead atoms. The Bertz CT molecular complexity index is 706. The van der Waals surface area contributed by atoms with Crippen molar-refractivity contribution in [2.45, 2.75) is 44.3 Å². The Labute approximate surface area is 155 Å². The zero-order valence-corrected chi connectivity index (χ0v) is 17.4. The molecule has 0 N–H and O–H groups in total. The van der Waals surface area contributed by atoms with Gasteiger partial charge in [-0.3, -0.25) is 4.79 Å². The number of alkyl halides is 2. The van der Waals surface area contributed by atoms with E-state index in [1.54, 1.807) is 0 Å². The molecule has 0 heterocycles. The number of Topliss-reactive ketones (excluding diaryl/α,β-unsaturated/α-hetero) is 1. The fraction of sp³-hybridized carbons (Fsp3) is 0.350. The maximum atomic E-state index is 13.1. The van der Waals surface area contributed by atoms with Crippen LogP contribution in [0.15, 0.2) is 30.3 Å². The monoisotopic (exact) mass is 436 g/mol. The van der Waals surface area contributed by atoms with E-state index in [0.717, 1.165) is 22.3 Å². The molecular formula is C20H22Br2O. The topological polar surface area (TPSA) is 17.1 Å².